The van der Waals surface area contributed by atoms with Gasteiger partial charge < -0.3 is 4.74 Å². The van der Waals surface area contributed by atoms with Gasteiger partial charge in [-0.3, -0.25) is 0 Å². The van der Waals surface area contributed by atoms with Crippen molar-refractivity contribution in [1.29, 1.82) is 0 Å². The van der Waals surface area contributed by atoms with Gasteiger partial charge >= 0.3 is 5.97 Å². The lowest BCUT2D eigenvalue weighted by atomic mass is 10.2. The van der Waals surface area contributed by atoms with Gasteiger partial charge in [0.25, 0.3) is 10.0 Å². The van der Waals surface area contributed by atoms with E-state index in [0.717, 1.165) is 0 Å². The van der Waals surface area contributed by atoms with Crippen LogP contribution in [0.4, 0.5) is 4.39 Å². The van der Waals surface area contributed by atoms with E-state index in [9.17, 15) is 17.6 Å². The fourth-order valence-electron chi connectivity index (χ4n) is 2.23. The smallest absolute Gasteiger partial charge is 0.346 e. The van der Waals surface area contributed by atoms with Crippen LogP contribution in [0.5, 0.6) is 5.75 Å². The lowest BCUT2D eigenvalue weighted by molar-refractivity contribution is 0.0730. The van der Waals surface area contributed by atoms with Crippen LogP contribution in [0.15, 0.2) is 88.9 Å². The monoisotopic (exact) mass is 398 g/mol. The second-order valence-corrected chi connectivity index (χ2v) is 7.27. The maximum Gasteiger partial charge on any atom is 0.346 e. The summed E-state index contributed by atoms with van der Waals surface area (Å²) in [4.78, 5) is 14.2. The third-order valence-electron chi connectivity index (χ3n) is 3.62. The first-order valence-electron chi connectivity index (χ1n) is 8.12. The maximum atomic E-state index is 13.6. The van der Waals surface area contributed by atoms with E-state index >= 15 is 0 Å². The van der Waals surface area contributed by atoms with Crippen LogP contribution in [-0.2, 0) is 10.0 Å². The number of hydrazone groups is 1. The molecule has 0 aliphatic heterocycles. The van der Waals surface area contributed by atoms with Crippen LogP contribution in [0.3, 0.4) is 0 Å². The zero-order valence-electron chi connectivity index (χ0n) is 14.4. The summed E-state index contributed by atoms with van der Waals surface area (Å²) >= 11 is 0. The minimum Gasteiger partial charge on any atom is -0.423 e. The van der Waals surface area contributed by atoms with Gasteiger partial charge in [-0.05, 0) is 54.1 Å². The van der Waals surface area contributed by atoms with Crippen LogP contribution < -0.4 is 9.57 Å². The van der Waals surface area contributed by atoms with Crippen LogP contribution >= 0.6 is 0 Å². The van der Waals surface area contributed by atoms with Crippen molar-refractivity contribution < 1.29 is 22.3 Å². The Bertz CT molecular complexity index is 1100. The van der Waals surface area contributed by atoms with Crippen molar-refractivity contribution in [3.63, 3.8) is 0 Å². The van der Waals surface area contributed by atoms with Crippen molar-refractivity contribution >= 4 is 22.2 Å². The van der Waals surface area contributed by atoms with E-state index in [-0.39, 0.29) is 16.2 Å². The fraction of sp³-hybridized carbons (Fsp3) is 0. The number of carbonyl (C=O) groups is 1. The zero-order chi connectivity index (χ0) is 20.0. The number of esters is 1. The molecule has 142 valence electrons. The summed E-state index contributed by atoms with van der Waals surface area (Å²) in [6.07, 6.45) is 1.31. The average Bonchev–Trinajstić information content (AvgIpc) is 2.70. The number of carbonyl (C=O) groups excluding carboxylic acids is 1. The largest absolute Gasteiger partial charge is 0.423 e. The molecule has 0 aromatic heterocycles. The molecule has 0 aliphatic carbocycles. The van der Waals surface area contributed by atoms with E-state index in [1.807, 2.05) is 0 Å². The number of hydrogen-bond donors (Lipinski definition) is 1. The second kappa shape index (κ2) is 8.45. The number of rotatable bonds is 6. The lowest BCUT2D eigenvalue weighted by Gasteiger charge is -2.05. The van der Waals surface area contributed by atoms with Gasteiger partial charge in [-0.2, -0.15) is 13.5 Å². The molecule has 0 bridgehead atoms. The van der Waals surface area contributed by atoms with Crippen molar-refractivity contribution in [3.05, 3.63) is 95.8 Å². The fourth-order valence-corrected chi connectivity index (χ4v) is 3.05. The van der Waals surface area contributed by atoms with Gasteiger partial charge in [-0.15, -0.1) is 0 Å². The molecule has 0 saturated heterocycles. The quantitative estimate of drug-likeness (QED) is 0.299. The predicted octanol–water partition coefficient (Wildman–Crippen LogP) is 3.36. The van der Waals surface area contributed by atoms with Crippen LogP contribution in [-0.4, -0.2) is 20.6 Å². The van der Waals surface area contributed by atoms with Gasteiger partial charge in [0.1, 0.15) is 11.6 Å². The molecule has 1 N–H and O–H groups in total. The molecule has 0 radical (unpaired) electrons. The van der Waals surface area contributed by atoms with Crippen molar-refractivity contribution in [3.8, 4) is 5.75 Å². The van der Waals surface area contributed by atoms with E-state index in [2.05, 4.69) is 9.93 Å². The molecule has 0 fully saturated rings. The molecule has 0 spiro atoms. The Morgan fingerprint density at radius 1 is 0.929 bits per heavy atom. The number of nitrogens with one attached hydrogen (secondary N) is 1. The van der Waals surface area contributed by atoms with Crippen LogP contribution in [0, 0.1) is 5.82 Å². The molecule has 3 aromatic rings. The first kappa shape index (κ1) is 19.2. The van der Waals surface area contributed by atoms with Gasteiger partial charge in [0, 0.05) is 0 Å². The summed E-state index contributed by atoms with van der Waals surface area (Å²) < 4.78 is 42.8. The molecule has 28 heavy (non-hydrogen) atoms. The summed E-state index contributed by atoms with van der Waals surface area (Å²) in [5.41, 5.74) is 0.407. The molecule has 0 amide bonds. The van der Waals surface area contributed by atoms with Crippen molar-refractivity contribution in [2.75, 3.05) is 0 Å². The first-order valence-corrected chi connectivity index (χ1v) is 9.61. The third-order valence-corrected chi connectivity index (χ3v) is 4.86. The molecule has 3 rings (SSSR count). The Hall–Kier alpha value is -3.52. The Kier molecular flexibility index (Phi) is 5.81. The van der Waals surface area contributed by atoms with Crippen molar-refractivity contribution in [2.24, 2.45) is 5.10 Å². The minimum atomic E-state index is -3.74. The number of hydrogen-bond acceptors (Lipinski definition) is 5. The normalized spacial score (nSPS) is 11.3. The lowest BCUT2D eigenvalue weighted by Crippen LogP contribution is -2.18. The molecular weight excluding hydrogens is 383 g/mol. The van der Waals surface area contributed by atoms with Crippen molar-refractivity contribution in [2.45, 2.75) is 4.90 Å². The number of benzene rings is 3. The van der Waals surface area contributed by atoms with Gasteiger partial charge in [0.05, 0.1) is 16.7 Å². The molecule has 6 nitrogen and oxygen atoms in total. The number of nitrogens with zero attached hydrogens (tertiary/aromatic N) is 1. The Morgan fingerprint density at radius 2 is 1.57 bits per heavy atom. The van der Waals surface area contributed by atoms with Gasteiger partial charge in [-0.1, -0.05) is 30.3 Å². The SMILES string of the molecule is O=C(Oc1ccc(/C=N\NS(=O)(=O)c2ccccc2)cc1)c1ccccc1F. The first-order chi connectivity index (χ1) is 13.5. The highest BCUT2D eigenvalue weighted by atomic mass is 32.2. The van der Waals surface area contributed by atoms with Crippen LogP contribution in [0.2, 0.25) is 0 Å². The molecule has 0 atom stereocenters. The molecule has 0 unspecified atom stereocenters. The third kappa shape index (κ3) is 4.80. The molecule has 3 aromatic carbocycles. The number of ether oxygens (including phenoxy) is 1. The van der Waals surface area contributed by atoms with E-state index in [4.69, 9.17) is 4.74 Å². The van der Waals surface area contributed by atoms with Gasteiger partial charge in [-0.25, -0.2) is 14.0 Å². The summed E-state index contributed by atoms with van der Waals surface area (Å²) in [6.45, 7) is 0. The highest BCUT2D eigenvalue weighted by molar-refractivity contribution is 7.89. The topological polar surface area (TPSA) is 84.8 Å². The molecule has 0 aliphatic rings. The highest BCUT2D eigenvalue weighted by Gasteiger charge is 2.13. The minimum absolute atomic E-state index is 0.0996. The van der Waals surface area contributed by atoms with Gasteiger partial charge in [0.2, 0.25) is 0 Å². The Labute approximate surface area is 161 Å². The summed E-state index contributed by atoms with van der Waals surface area (Å²) in [5, 5.41) is 3.72. The summed E-state index contributed by atoms with van der Waals surface area (Å²) in [5.74, 6) is -1.26. The Balaban J connectivity index is 1.62. The van der Waals surface area contributed by atoms with Crippen LogP contribution in [0.1, 0.15) is 15.9 Å². The summed E-state index contributed by atoms with van der Waals surface area (Å²) in [7, 11) is -3.74. The van der Waals surface area contributed by atoms with E-state index in [1.54, 1.807) is 30.3 Å². The second-order valence-electron chi connectivity index (χ2n) is 5.60. The van der Waals surface area contributed by atoms with E-state index in [0.29, 0.717) is 5.56 Å². The molecular formula is C20H15FN2O4S. The van der Waals surface area contributed by atoms with Crippen molar-refractivity contribution in [1.82, 2.24) is 4.83 Å². The average molecular weight is 398 g/mol. The predicted molar refractivity (Wildman–Crippen MR) is 102 cm³/mol. The van der Waals surface area contributed by atoms with Crippen LogP contribution in [0.25, 0.3) is 0 Å². The van der Waals surface area contributed by atoms with Gasteiger partial charge in [0.15, 0.2) is 0 Å². The Morgan fingerprint density at radius 3 is 2.25 bits per heavy atom. The standard InChI is InChI=1S/C20H15FN2O4S/c21-19-9-5-4-8-18(19)20(24)27-16-12-10-15(11-13-16)14-22-23-28(25,26)17-6-2-1-3-7-17/h1-14,23H/b22-14-. The molecule has 0 saturated carbocycles. The van der Waals surface area contributed by atoms with E-state index in [1.165, 1.54) is 54.7 Å². The molecule has 8 heteroatoms. The van der Waals surface area contributed by atoms with E-state index < -0.39 is 21.8 Å². The highest BCUT2D eigenvalue weighted by Crippen LogP contribution is 2.15. The zero-order valence-corrected chi connectivity index (χ0v) is 15.3. The summed E-state index contributed by atoms with van der Waals surface area (Å²) in [6, 6.07) is 19.5. The molecule has 0 heterocycles. The number of sulfonamides is 1. The maximum absolute atomic E-state index is 13.6. The number of halogens is 1.